The summed E-state index contributed by atoms with van der Waals surface area (Å²) in [5.41, 5.74) is 2.49. The molecule has 12 heteroatoms. The number of benzene rings is 2. The van der Waals surface area contributed by atoms with E-state index in [1.54, 1.807) is 69.7 Å². The lowest BCUT2D eigenvalue weighted by Gasteiger charge is -2.21. The van der Waals surface area contributed by atoms with Gasteiger partial charge in [0.15, 0.2) is 0 Å². The highest BCUT2D eigenvalue weighted by molar-refractivity contribution is 7.89. The molecule has 0 saturated heterocycles. The van der Waals surface area contributed by atoms with Crippen LogP contribution >= 0.6 is 0 Å². The smallest absolute Gasteiger partial charge is 0.257 e. The largest absolute Gasteiger partial charge is 0.497 e. The normalized spacial score (nSPS) is 11.4. The zero-order chi connectivity index (χ0) is 27.9. The van der Waals surface area contributed by atoms with Gasteiger partial charge in [-0.3, -0.25) is 14.9 Å². The highest BCUT2D eigenvalue weighted by Gasteiger charge is 2.25. The Hall–Kier alpha value is -3.74. The van der Waals surface area contributed by atoms with Crippen LogP contribution in [0.15, 0.2) is 53.7 Å². The lowest BCUT2D eigenvalue weighted by molar-refractivity contribution is -0.135. The standard InChI is InChI=1S/C26H33N5O6S/c1-18-14-22(36-5)15-19(2)24(18)38(34,35)31(4)12-13-37-17-23(32)30(3)16-20-6-8-21(9-7-20)25(33)29-26-27-10-11-28-26/h6-11,14-15H,12-13,16-17H2,1-5H3,(H2,27,28,29,33). The summed E-state index contributed by atoms with van der Waals surface area (Å²) in [6, 6.07) is 10.2. The van der Waals surface area contributed by atoms with E-state index in [9.17, 15) is 18.0 Å². The molecule has 0 aliphatic heterocycles. The number of aryl methyl sites for hydroxylation is 2. The lowest BCUT2D eigenvalue weighted by atomic mass is 10.1. The average Bonchev–Trinajstić information content (AvgIpc) is 3.39. The van der Waals surface area contributed by atoms with Crippen molar-refractivity contribution in [2.24, 2.45) is 0 Å². The van der Waals surface area contributed by atoms with Gasteiger partial charge < -0.3 is 19.4 Å². The van der Waals surface area contributed by atoms with E-state index in [4.69, 9.17) is 9.47 Å². The van der Waals surface area contributed by atoms with E-state index in [-0.39, 0.29) is 36.5 Å². The van der Waals surface area contributed by atoms with Crippen molar-refractivity contribution < 1.29 is 27.5 Å². The fourth-order valence-electron chi connectivity index (χ4n) is 3.81. The second-order valence-corrected chi connectivity index (χ2v) is 10.8. The molecule has 3 rings (SSSR count). The van der Waals surface area contributed by atoms with Gasteiger partial charge in [0.25, 0.3) is 5.91 Å². The van der Waals surface area contributed by atoms with Gasteiger partial charge in [-0.1, -0.05) is 12.1 Å². The van der Waals surface area contributed by atoms with Gasteiger partial charge in [0, 0.05) is 45.1 Å². The van der Waals surface area contributed by atoms with E-state index in [2.05, 4.69) is 15.3 Å². The van der Waals surface area contributed by atoms with Gasteiger partial charge >= 0.3 is 0 Å². The number of H-pyrrole nitrogens is 1. The molecule has 11 nitrogen and oxygen atoms in total. The molecule has 0 fully saturated rings. The third-order valence-corrected chi connectivity index (χ3v) is 8.07. The molecule has 0 atom stereocenters. The summed E-state index contributed by atoms with van der Waals surface area (Å²) < 4.78 is 38.1. The number of imidazole rings is 1. The summed E-state index contributed by atoms with van der Waals surface area (Å²) in [7, 11) is 0.923. The molecule has 204 valence electrons. The number of nitrogens with zero attached hydrogens (tertiary/aromatic N) is 3. The van der Waals surface area contributed by atoms with E-state index in [0.29, 0.717) is 34.9 Å². The number of carbonyl (C=O) groups excluding carboxylic acids is 2. The molecule has 3 aromatic rings. The number of aromatic nitrogens is 2. The number of anilines is 1. The average molecular weight is 544 g/mol. The zero-order valence-electron chi connectivity index (χ0n) is 22.1. The number of aromatic amines is 1. The van der Waals surface area contributed by atoms with Crippen molar-refractivity contribution in [1.29, 1.82) is 0 Å². The second-order valence-electron chi connectivity index (χ2n) is 8.81. The number of carbonyl (C=O) groups is 2. The number of hydrogen-bond donors (Lipinski definition) is 2. The Balaban J connectivity index is 1.46. The second kappa shape index (κ2) is 12.7. The minimum atomic E-state index is -3.74. The first-order chi connectivity index (χ1) is 18.0. The Labute approximate surface area is 222 Å². The Morgan fingerprint density at radius 1 is 1.08 bits per heavy atom. The third kappa shape index (κ3) is 7.18. The Morgan fingerprint density at radius 3 is 2.32 bits per heavy atom. The first-order valence-corrected chi connectivity index (χ1v) is 13.3. The molecular formula is C26H33N5O6S. The SMILES string of the molecule is COc1cc(C)c(S(=O)(=O)N(C)CCOCC(=O)N(C)Cc2ccc(C(=O)Nc3ncc[nH]3)cc2)c(C)c1. The molecule has 2 amide bonds. The lowest BCUT2D eigenvalue weighted by Crippen LogP contribution is -2.33. The van der Waals surface area contributed by atoms with Crippen molar-refractivity contribution in [2.45, 2.75) is 25.3 Å². The number of hydrogen-bond acceptors (Lipinski definition) is 7. The van der Waals surface area contributed by atoms with Crippen LogP contribution in [0.2, 0.25) is 0 Å². The molecule has 0 unspecified atom stereocenters. The summed E-state index contributed by atoms with van der Waals surface area (Å²) >= 11 is 0. The van der Waals surface area contributed by atoms with Crippen molar-refractivity contribution >= 4 is 27.8 Å². The topological polar surface area (TPSA) is 134 Å². The first-order valence-electron chi connectivity index (χ1n) is 11.9. The van der Waals surface area contributed by atoms with E-state index < -0.39 is 10.0 Å². The molecule has 1 aromatic heterocycles. The van der Waals surface area contributed by atoms with Gasteiger partial charge in [-0.15, -0.1) is 0 Å². The number of ether oxygens (including phenoxy) is 2. The van der Waals surface area contributed by atoms with Gasteiger partial charge in [-0.25, -0.2) is 13.4 Å². The predicted octanol–water partition coefficient (Wildman–Crippen LogP) is 2.58. The molecule has 0 aliphatic rings. The monoisotopic (exact) mass is 543 g/mol. The molecule has 38 heavy (non-hydrogen) atoms. The molecule has 0 aliphatic carbocycles. The molecule has 0 saturated carbocycles. The van der Waals surface area contributed by atoms with Gasteiger partial charge in [0.05, 0.1) is 18.6 Å². The highest BCUT2D eigenvalue weighted by Crippen LogP contribution is 2.27. The van der Waals surface area contributed by atoms with E-state index >= 15 is 0 Å². The molecule has 2 aromatic carbocycles. The van der Waals surface area contributed by atoms with Crippen LogP contribution in [0.3, 0.4) is 0 Å². The van der Waals surface area contributed by atoms with E-state index in [1.807, 2.05) is 0 Å². The summed E-state index contributed by atoms with van der Waals surface area (Å²) in [5, 5.41) is 2.65. The molecule has 0 bridgehead atoms. The quantitative estimate of drug-likeness (QED) is 0.335. The fraction of sp³-hybridized carbons (Fsp3) is 0.346. The number of nitrogens with one attached hydrogen (secondary N) is 2. The van der Waals surface area contributed by atoms with Gasteiger partial charge in [0.1, 0.15) is 12.4 Å². The van der Waals surface area contributed by atoms with Gasteiger partial charge in [-0.05, 0) is 54.8 Å². The Morgan fingerprint density at radius 2 is 1.74 bits per heavy atom. The molecule has 2 N–H and O–H groups in total. The summed E-state index contributed by atoms with van der Waals surface area (Å²) in [6.45, 7) is 3.74. The molecule has 1 heterocycles. The summed E-state index contributed by atoms with van der Waals surface area (Å²) in [6.07, 6.45) is 3.15. The summed E-state index contributed by atoms with van der Waals surface area (Å²) in [5.74, 6) is 0.406. The van der Waals surface area contributed by atoms with E-state index in [1.165, 1.54) is 23.4 Å². The number of sulfonamides is 1. The van der Waals surface area contributed by atoms with Crippen LogP contribution in [0.5, 0.6) is 5.75 Å². The van der Waals surface area contributed by atoms with Crippen molar-refractivity contribution in [3.8, 4) is 5.75 Å². The van der Waals surface area contributed by atoms with Crippen molar-refractivity contribution in [3.63, 3.8) is 0 Å². The number of rotatable bonds is 12. The van der Waals surface area contributed by atoms with Gasteiger partial charge in [-0.2, -0.15) is 4.31 Å². The van der Waals surface area contributed by atoms with Crippen molar-refractivity contribution in [3.05, 3.63) is 71.0 Å². The van der Waals surface area contributed by atoms with Crippen LogP contribution in [0.4, 0.5) is 5.95 Å². The molecular weight excluding hydrogens is 510 g/mol. The molecule has 0 radical (unpaired) electrons. The maximum Gasteiger partial charge on any atom is 0.257 e. The Bertz CT molecular complexity index is 1330. The Kier molecular flexibility index (Phi) is 9.61. The minimum Gasteiger partial charge on any atom is -0.497 e. The van der Waals surface area contributed by atoms with Crippen molar-refractivity contribution in [1.82, 2.24) is 19.2 Å². The zero-order valence-corrected chi connectivity index (χ0v) is 23.0. The number of amides is 2. The van der Waals surface area contributed by atoms with Crippen LogP contribution < -0.4 is 10.1 Å². The van der Waals surface area contributed by atoms with Gasteiger partial charge in [0.2, 0.25) is 21.9 Å². The van der Waals surface area contributed by atoms with Crippen LogP contribution in [0, 0.1) is 13.8 Å². The van der Waals surface area contributed by atoms with Crippen LogP contribution in [0.1, 0.15) is 27.0 Å². The number of methoxy groups -OCH3 is 1. The maximum atomic E-state index is 13.1. The minimum absolute atomic E-state index is 0.0586. The predicted molar refractivity (Wildman–Crippen MR) is 143 cm³/mol. The fourth-order valence-corrected chi connectivity index (χ4v) is 5.37. The highest BCUT2D eigenvalue weighted by atomic mass is 32.2. The van der Waals surface area contributed by atoms with Crippen LogP contribution in [-0.4, -0.2) is 80.4 Å². The summed E-state index contributed by atoms with van der Waals surface area (Å²) in [4.78, 5) is 33.2. The van der Waals surface area contributed by atoms with E-state index in [0.717, 1.165) is 5.56 Å². The third-order valence-electron chi connectivity index (χ3n) is 5.91. The maximum absolute atomic E-state index is 13.1. The van der Waals surface area contributed by atoms with Crippen LogP contribution in [-0.2, 0) is 26.1 Å². The number of likely N-dealkylation sites (N-methyl/N-ethyl adjacent to an activating group) is 2. The van der Waals surface area contributed by atoms with Crippen molar-refractivity contribution in [2.75, 3.05) is 46.3 Å². The molecule has 0 spiro atoms. The first kappa shape index (κ1) is 28.8. The van der Waals surface area contributed by atoms with Crippen LogP contribution in [0.25, 0.3) is 0 Å².